The van der Waals surface area contributed by atoms with Crippen LogP contribution in [0.3, 0.4) is 0 Å². The molecule has 0 saturated heterocycles. The Morgan fingerprint density at radius 3 is 2.81 bits per heavy atom. The van der Waals surface area contributed by atoms with Crippen molar-refractivity contribution < 1.29 is 23.7 Å². The van der Waals surface area contributed by atoms with E-state index < -0.39 is 28.5 Å². The molecule has 0 spiro atoms. The maximum Gasteiger partial charge on any atom is 0.317 e. The van der Waals surface area contributed by atoms with Crippen LogP contribution < -0.4 is 0 Å². The number of furan rings is 1. The maximum absolute atomic E-state index is 12.7. The third kappa shape index (κ3) is 3.42. The van der Waals surface area contributed by atoms with E-state index in [9.17, 15) is 19.7 Å². The van der Waals surface area contributed by atoms with Crippen LogP contribution in [-0.2, 0) is 14.3 Å². The molecule has 1 aliphatic carbocycles. The SMILES string of the molecule is CCOC(=O)[C@@H]1C(=O)C=C(c2ccco2)C[C@H]1c1cccc([N+](=O)[O-])c1. The zero-order valence-electron chi connectivity index (χ0n) is 14.1. The number of hydrogen-bond acceptors (Lipinski definition) is 6. The Morgan fingerprint density at radius 2 is 2.15 bits per heavy atom. The van der Waals surface area contributed by atoms with E-state index in [0.717, 1.165) is 0 Å². The van der Waals surface area contributed by atoms with Gasteiger partial charge in [0.05, 0.1) is 17.8 Å². The Kier molecular flexibility index (Phi) is 4.97. The second kappa shape index (κ2) is 7.35. The van der Waals surface area contributed by atoms with Crippen LogP contribution in [0.15, 0.2) is 53.2 Å². The van der Waals surface area contributed by atoms with Crippen LogP contribution in [0.5, 0.6) is 0 Å². The van der Waals surface area contributed by atoms with Gasteiger partial charge >= 0.3 is 5.97 Å². The number of rotatable bonds is 5. The van der Waals surface area contributed by atoms with Gasteiger partial charge in [-0.3, -0.25) is 19.7 Å². The Balaban J connectivity index is 2.04. The van der Waals surface area contributed by atoms with Crippen LogP contribution in [0.25, 0.3) is 5.57 Å². The summed E-state index contributed by atoms with van der Waals surface area (Å²) in [7, 11) is 0. The van der Waals surface area contributed by atoms with Gasteiger partial charge in [0.25, 0.3) is 5.69 Å². The fourth-order valence-corrected chi connectivity index (χ4v) is 3.20. The number of benzene rings is 1. The van der Waals surface area contributed by atoms with Crippen molar-refractivity contribution in [1.29, 1.82) is 0 Å². The maximum atomic E-state index is 12.7. The van der Waals surface area contributed by atoms with Crippen LogP contribution in [0.4, 0.5) is 5.69 Å². The summed E-state index contributed by atoms with van der Waals surface area (Å²) in [5.41, 5.74) is 1.10. The minimum atomic E-state index is -1.03. The van der Waals surface area contributed by atoms with E-state index in [1.807, 2.05) is 0 Å². The summed E-state index contributed by atoms with van der Waals surface area (Å²) in [6.45, 7) is 1.82. The number of nitro groups is 1. The lowest BCUT2D eigenvalue weighted by molar-refractivity contribution is -0.384. The molecule has 0 N–H and O–H groups in total. The van der Waals surface area contributed by atoms with E-state index in [0.29, 0.717) is 23.3 Å². The van der Waals surface area contributed by atoms with Gasteiger partial charge in [0.15, 0.2) is 5.78 Å². The van der Waals surface area contributed by atoms with E-state index >= 15 is 0 Å². The molecule has 0 amide bonds. The fourth-order valence-electron chi connectivity index (χ4n) is 3.20. The Morgan fingerprint density at radius 1 is 1.35 bits per heavy atom. The molecule has 1 aromatic carbocycles. The van der Waals surface area contributed by atoms with E-state index in [2.05, 4.69) is 0 Å². The number of ketones is 1. The molecule has 1 aliphatic rings. The van der Waals surface area contributed by atoms with Crippen molar-refractivity contribution in [3.05, 3.63) is 70.2 Å². The third-order valence-corrected chi connectivity index (χ3v) is 4.35. The topological polar surface area (TPSA) is 99.7 Å². The van der Waals surface area contributed by atoms with Crippen molar-refractivity contribution in [2.75, 3.05) is 6.61 Å². The monoisotopic (exact) mass is 355 g/mol. The first-order chi connectivity index (χ1) is 12.5. The van der Waals surface area contributed by atoms with Crippen LogP contribution in [-0.4, -0.2) is 23.3 Å². The highest BCUT2D eigenvalue weighted by Gasteiger charge is 2.40. The number of carbonyl (C=O) groups excluding carboxylic acids is 2. The van der Waals surface area contributed by atoms with Gasteiger partial charge in [-0.25, -0.2) is 0 Å². The summed E-state index contributed by atoms with van der Waals surface area (Å²) in [6, 6.07) is 9.44. The summed E-state index contributed by atoms with van der Waals surface area (Å²) >= 11 is 0. The number of hydrogen-bond donors (Lipinski definition) is 0. The molecule has 7 heteroatoms. The summed E-state index contributed by atoms with van der Waals surface area (Å²) in [4.78, 5) is 35.6. The molecule has 1 aromatic heterocycles. The Labute approximate surface area is 149 Å². The number of allylic oxidation sites excluding steroid dienone is 2. The van der Waals surface area contributed by atoms with Gasteiger partial charge in [0, 0.05) is 18.1 Å². The molecule has 0 fully saturated rings. The van der Waals surface area contributed by atoms with Crippen molar-refractivity contribution in [1.82, 2.24) is 0 Å². The molecule has 26 heavy (non-hydrogen) atoms. The van der Waals surface area contributed by atoms with Crippen LogP contribution in [0, 0.1) is 16.0 Å². The molecule has 3 rings (SSSR count). The molecule has 7 nitrogen and oxygen atoms in total. The van der Waals surface area contributed by atoms with Crippen LogP contribution >= 0.6 is 0 Å². The average molecular weight is 355 g/mol. The molecule has 2 atom stereocenters. The Hall–Kier alpha value is -3.22. The lowest BCUT2D eigenvalue weighted by Crippen LogP contribution is -2.34. The molecular weight excluding hydrogens is 338 g/mol. The second-order valence-corrected chi connectivity index (χ2v) is 5.94. The first-order valence-corrected chi connectivity index (χ1v) is 8.20. The highest BCUT2D eigenvalue weighted by atomic mass is 16.6. The number of nitro benzene ring substituents is 1. The lowest BCUT2D eigenvalue weighted by Gasteiger charge is -2.28. The molecule has 0 radical (unpaired) electrons. The largest absolute Gasteiger partial charge is 0.465 e. The van der Waals surface area contributed by atoms with Gasteiger partial charge in [0.1, 0.15) is 11.7 Å². The van der Waals surface area contributed by atoms with Crippen molar-refractivity contribution in [2.24, 2.45) is 5.92 Å². The molecule has 1 heterocycles. The van der Waals surface area contributed by atoms with E-state index in [1.54, 1.807) is 31.2 Å². The quantitative estimate of drug-likeness (QED) is 0.352. The molecule has 0 bridgehead atoms. The predicted molar refractivity (Wildman–Crippen MR) is 92.3 cm³/mol. The first-order valence-electron chi connectivity index (χ1n) is 8.20. The number of nitrogens with zero attached hydrogens (tertiary/aromatic N) is 1. The highest BCUT2D eigenvalue weighted by Crippen LogP contribution is 2.41. The van der Waals surface area contributed by atoms with E-state index in [-0.39, 0.29) is 12.3 Å². The normalized spacial score (nSPS) is 19.7. The zero-order chi connectivity index (χ0) is 18.7. The summed E-state index contributed by atoms with van der Waals surface area (Å²) < 4.78 is 10.4. The second-order valence-electron chi connectivity index (χ2n) is 5.94. The Bertz CT molecular complexity index is 868. The van der Waals surface area contributed by atoms with Crippen LogP contribution in [0.2, 0.25) is 0 Å². The minimum Gasteiger partial charge on any atom is -0.465 e. The van der Waals surface area contributed by atoms with Crippen molar-refractivity contribution in [3.8, 4) is 0 Å². The minimum absolute atomic E-state index is 0.0911. The molecule has 134 valence electrons. The third-order valence-electron chi connectivity index (χ3n) is 4.35. The first kappa shape index (κ1) is 17.6. The molecule has 0 aliphatic heterocycles. The summed E-state index contributed by atoms with van der Waals surface area (Å²) in [5.74, 6) is -2.07. The predicted octanol–water partition coefficient (Wildman–Crippen LogP) is 3.51. The van der Waals surface area contributed by atoms with Crippen LogP contribution in [0.1, 0.15) is 30.6 Å². The number of non-ortho nitro benzene ring substituents is 1. The lowest BCUT2D eigenvalue weighted by atomic mass is 9.74. The van der Waals surface area contributed by atoms with Gasteiger partial charge < -0.3 is 9.15 Å². The van der Waals surface area contributed by atoms with Gasteiger partial charge in [0.2, 0.25) is 0 Å². The van der Waals surface area contributed by atoms with E-state index in [1.165, 1.54) is 24.5 Å². The zero-order valence-corrected chi connectivity index (χ0v) is 14.1. The van der Waals surface area contributed by atoms with Gasteiger partial charge in [-0.2, -0.15) is 0 Å². The van der Waals surface area contributed by atoms with Gasteiger partial charge in [-0.1, -0.05) is 12.1 Å². The van der Waals surface area contributed by atoms with Gasteiger partial charge in [-0.15, -0.1) is 0 Å². The van der Waals surface area contributed by atoms with Crippen molar-refractivity contribution in [2.45, 2.75) is 19.3 Å². The summed E-state index contributed by atoms with van der Waals surface area (Å²) in [5, 5.41) is 11.1. The van der Waals surface area contributed by atoms with Crippen molar-refractivity contribution in [3.63, 3.8) is 0 Å². The molecule has 0 unspecified atom stereocenters. The smallest absolute Gasteiger partial charge is 0.317 e. The highest BCUT2D eigenvalue weighted by molar-refractivity contribution is 6.10. The molecule has 0 saturated carbocycles. The number of carbonyl (C=O) groups is 2. The number of ether oxygens (including phenoxy) is 1. The fraction of sp³-hybridized carbons (Fsp3) is 0.263. The average Bonchev–Trinajstić information content (AvgIpc) is 3.16. The molecule has 2 aromatic rings. The van der Waals surface area contributed by atoms with Crippen molar-refractivity contribution >= 4 is 23.0 Å². The standard InChI is InChI=1S/C19H17NO6/c1-2-25-19(22)18-15(12-5-3-6-14(9-12)20(23)24)10-13(11-16(18)21)17-7-4-8-26-17/h3-9,11,15,18H,2,10H2,1H3/t15-,18-/m0/s1. The summed E-state index contributed by atoms with van der Waals surface area (Å²) in [6.07, 6.45) is 3.23. The number of esters is 1. The molecular formula is C19H17NO6. The van der Waals surface area contributed by atoms with Gasteiger partial charge in [-0.05, 0) is 42.7 Å². The van der Waals surface area contributed by atoms with E-state index in [4.69, 9.17) is 9.15 Å².